The van der Waals surface area contributed by atoms with E-state index in [-0.39, 0.29) is 36.5 Å². The maximum absolute atomic E-state index is 12.5. The van der Waals surface area contributed by atoms with Crippen molar-refractivity contribution in [2.75, 3.05) is 31.1 Å². The van der Waals surface area contributed by atoms with E-state index in [9.17, 15) is 19.7 Å². The zero-order valence-corrected chi connectivity index (χ0v) is 13.0. The Balaban J connectivity index is 1.82. The monoisotopic (exact) mass is 334 g/mol. The molecule has 2 amide bonds. The number of fused-ring (bicyclic) bond motifs is 1. The predicted molar refractivity (Wildman–Crippen MR) is 84.7 cm³/mol. The fourth-order valence-corrected chi connectivity index (χ4v) is 2.95. The van der Waals surface area contributed by atoms with Crippen LogP contribution in [-0.4, -0.2) is 53.9 Å². The van der Waals surface area contributed by atoms with E-state index >= 15 is 0 Å². The van der Waals surface area contributed by atoms with E-state index in [2.05, 4.69) is 0 Å². The molecule has 1 aromatic carbocycles. The van der Waals surface area contributed by atoms with Crippen molar-refractivity contribution in [2.24, 2.45) is 5.73 Å². The zero-order valence-electron chi connectivity index (χ0n) is 13.0. The molecular weight excluding hydrogens is 316 g/mol. The topological polar surface area (TPSA) is 119 Å². The van der Waals surface area contributed by atoms with Crippen LogP contribution in [0.15, 0.2) is 18.2 Å². The molecule has 1 aromatic rings. The highest BCUT2D eigenvalue weighted by Gasteiger charge is 2.31. The molecule has 9 heteroatoms. The van der Waals surface area contributed by atoms with Crippen molar-refractivity contribution in [1.82, 2.24) is 4.90 Å². The molecule has 2 aliphatic rings. The summed E-state index contributed by atoms with van der Waals surface area (Å²) < 4.78 is 5.29. The molecular formula is C15H18N4O5. The summed E-state index contributed by atoms with van der Waals surface area (Å²) in [6.45, 7) is 0.687. The number of nitrogens with two attached hydrogens (primary N) is 1. The quantitative estimate of drug-likeness (QED) is 0.626. The van der Waals surface area contributed by atoms with Gasteiger partial charge in [-0.2, -0.15) is 0 Å². The Kier molecular flexibility index (Phi) is 4.34. The number of anilines is 1. The molecule has 3 rings (SSSR count). The summed E-state index contributed by atoms with van der Waals surface area (Å²) in [5.74, 6) is -0.279. The number of hydrogen-bond acceptors (Lipinski definition) is 6. The average Bonchev–Trinajstić information content (AvgIpc) is 2.56. The third kappa shape index (κ3) is 3.16. The summed E-state index contributed by atoms with van der Waals surface area (Å²) >= 11 is 0. The molecule has 0 bridgehead atoms. The van der Waals surface area contributed by atoms with Crippen LogP contribution in [0.1, 0.15) is 12.8 Å². The van der Waals surface area contributed by atoms with Gasteiger partial charge in [-0.3, -0.25) is 24.6 Å². The summed E-state index contributed by atoms with van der Waals surface area (Å²) in [5, 5.41) is 11.0. The molecule has 9 nitrogen and oxygen atoms in total. The van der Waals surface area contributed by atoms with Crippen LogP contribution in [0.4, 0.5) is 11.4 Å². The Bertz CT molecular complexity index is 692. The number of non-ortho nitro benzene ring substituents is 1. The van der Waals surface area contributed by atoms with E-state index in [1.54, 1.807) is 4.90 Å². The molecule has 2 N–H and O–H groups in total. The summed E-state index contributed by atoms with van der Waals surface area (Å²) in [5.41, 5.74) is 5.97. The normalized spacial score (nSPS) is 20.4. The first-order valence-electron chi connectivity index (χ1n) is 7.70. The van der Waals surface area contributed by atoms with Gasteiger partial charge in [-0.15, -0.1) is 0 Å². The van der Waals surface area contributed by atoms with Crippen LogP contribution in [0, 0.1) is 10.1 Å². The summed E-state index contributed by atoms with van der Waals surface area (Å²) in [4.78, 5) is 37.9. The number of piperidine rings is 1. The van der Waals surface area contributed by atoms with E-state index in [0.29, 0.717) is 18.8 Å². The highest BCUT2D eigenvalue weighted by Crippen LogP contribution is 2.35. The van der Waals surface area contributed by atoms with Gasteiger partial charge >= 0.3 is 0 Å². The van der Waals surface area contributed by atoms with E-state index in [0.717, 1.165) is 12.8 Å². The number of nitrogens with zero attached hydrogens (tertiary/aromatic N) is 3. The summed E-state index contributed by atoms with van der Waals surface area (Å²) in [7, 11) is 0. The van der Waals surface area contributed by atoms with Crippen LogP contribution in [0.3, 0.4) is 0 Å². The van der Waals surface area contributed by atoms with Crippen molar-refractivity contribution in [3.8, 4) is 5.75 Å². The fourth-order valence-electron chi connectivity index (χ4n) is 2.95. The molecule has 0 radical (unpaired) electrons. The van der Waals surface area contributed by atoms with Gasteiger partial charge in [-0.25, -0.2) is 0 Å². The van der Waals surface area contributed by atoms with Crippen LogP contribution < -0.4 is 15.4 Å². The lowest BCUT2D eigenvalue weighted by Crippen LogP contribution is -2.51. The Morgan fingerprint density at radius 2 is 2.25 bits per heavy atom. The minimum absolute atomic E-state index is 0.0588. The van der Waals surface area contributed by atoms with Gasteiger partial charge in [0.25, 0.3) is 11.6 Å². The minimum atomic E-state index is -0.553. The minimum Gasteiger partial charge on any atom is -0.482 e. The van der Waals surface area contributed by atoms with Crippen LogP contribution in [0.25, 0.3) is 0 Å². The number of likely N-dealkylation sites (tertiary alicyclic amines) is 1. The summed E-state index contributed by atoms with van der Waals surface area (Å²) in [6, 6.07) is 3.94. The van der Waals surface area contributed by atoms with Crippen molar-refractivity contribution >= 4 is 23.2 Å². The molecule has 1 unspecified atom stereocenters. The number of hydrogen-bond donors (Lipinski definition) is 1. The predicted octanol–water partition coefficient (Wildman–Crippen LogP) is 0.270. The average molecular weight is 334 g/mol. The third-order valence-electron chi connectivity index (χ3n) is 4.20. The maximum atomic E-state index is 12.5. The van der Waals surface area contributed by atoms with Crippen LogP contribution >= 0.6 is 0 Å². The second kappa shape index (κ2) is 6.44. The van der Waals surface area contributed by atoms with E-state index in [1.165, 1.54) is 23.1 Å². The zero-order chi connectivity index (χ0) is 17.3. The first-order valence-corrected chi connectivity index (χ1v) is 7.70. The standard InChI is InChI=1S/C15H18N4O5/c16-10-2-1-5-17(7-10)14(20)8-18-12-6-11(19(22)23)3-4-13(12)24-9-15(18)21/h3-4,6,10H,1-2,5,7-9,16H2. The van der Waals surface area contributed by atoms with Crippen LogP contribution in [0.2, 0.25) is 0 Å². The molecule has 2 heterocycles. The molecule has 0 saturated carbocycles. The molecule has 0 spiro atoms. The van der Waals surface area contributed by atoms with Crippen molar-refractivity contribution in [3.05, 3.63) is 28.3 Å². The first kappa shape index (κ1) is 16.2. The van der Waals surface area contributed by atoms with Gasteiger partial charge in [-0.1, -0.05) is 0 Å². The number of benzene rings is 1. The second-order valence-electron chi connectivity index (χ2n) is 5.92. The number of nitro groups is 1. The number of amides is 2. The first-order chi connectivity index (χ1) is 11.5. The molecule has 0 aliphatic carbocycles. The largest absolute Gasteiger partial charge is 0.482 e. The number of carbonyl (C=O) groups excluding carboxylic acids is 2. The molecule has 2 aliphatic heterocycles. The van der Waals surface area contributed by atoms with Gasteiger partial charge in [-0.05, 0) is 18.9 Å². The van der Waals surface area contributed by atoms with Crippen molar-refractivity contribution in [3.63, 3.8) is 0 Å². The Morgan fingerprint density at radius 1 is 1.46 bits per heavy atom. The smallest absolute Gasteiger partial charge is 0.271 e. The van der Waals surface area contributed by atoms with Gasteiger partial charge in [0.15, 0.2) is 6.61 Å². The molecule has 1 fully saturated rings. The lowest BCUT2D eigenvalue weighted by atomic mass is 10.1. The van der Waals surface area contributed by atoms with Gasteiger partial charge in [0.05, 0.1) is 10.6 Å². The number of nitro benzene ring substituents is 1. The second-order valence-corrected chi connectivity index (χ2v) is 5.92. The van der Waals surface area contributed by atoms with Crippen molar-refractivity contribution in [1.29, 1.82) is 0 Å². The van der Waals surface area contributed by atoms with E-state index in [1.807, 2.05) is 0 Å². The van der Waals surface area contributed by atoms with Crippen molar-refractivity contribution in [2.45, 2.75) is 18.9 Å². The Hall–Kier alpha value is -2.68. The van der Waals surface area contributed by atoms with Gasteiger partial charge in [0.2, 0.25) is 5.91 Å². The fraction of sp³-hybridized carbons (Fsp3) is 0.467. The van der Waals surface area contributed by atoms with Crippen molar-refractivity contribution < 1.29 is 19.2 Å². The van der Waals surface area contributed by atoms with E-state index < -0.39 is 10.8 Å². The molecule has 24 heavy (non-hydrogen) atoms. The number of carbonyl (C=O) groups is 2. The molecule has 128 valence electrons. The lowest BCUT2D eigenvalue weighted by molar-refractivity contribution is -0.384. The Labute approximate surface area is 138 Å². The highest BCUT2D eigenvalue weighted by molar-refractivity contribution is 6.02. The van der Waals surface area contributed by atoms with E-state index in [4.69, 9.17) is 10.5 Å². The number of rotatable bonds is 3. The van der Waals surface area contributed by atoms with Gasteiger partial charge in [0.1, 0.15) is 12.3 Å². The lowest BCUT2D eigenvalue weighted by Gasteiger charge is -2.34. The van der Waals surface area contributed by atoms with Crippen LogP contribution in [-0.2, 0) is 9.59 Å². The maximum Gasteiger partial charge on any atom is 0.271 e. The SMILES string of the molecule is NC1CCCN(C(=O)CN2C(=O)COc3ccc([N+](=O)[O-])cc32)C1. The Morgan fingerprint density at radius 3 is 2.96 bits per heavy atom. The third-order valence-corrected chi connectivity index (χ3v) is 4.20. The van der Waals surface area contributed by atoms with Crippen LogP contribution in [0.5, 0.6) is 5.75 Å². The molecule has 1 atom stereocenters. The summed E-state index contributed by atoms with van der Waals surface area (Å²) in [6.07, 6.45) is 1.70. The molecule has 1 saturated heterocycles. The highest BCUT2D eigenvalue weighted by atomic mass is 16.6. The molecule has 0 aromatic heterocycles. The van der Waals surface area contributed by atoms with Gasteiger partial charge < -0.3 is 15.4 Å². The number of ether oxygens (including phenoxy) is 1. The van der Waals surface area contributed by atoms with Gasteiger partial charge in [0, 0.05) is 31.3 Å².